The Hall–Kier alpha value is -0.940. The van der Waals surface area contributed by atoms with Crippen LogP contribution in [-0.4, -0.2) is 22.6 Å². The van der Waals surface area contributed by atoms with Crippen LogP contribution in [0.3, 0.4) is 0 Å². The summed E-state index contributed by atoms with van der Waals surface area (Å²) in [5.74, 6) is -0.719. The molecule has 0 spiro atoms. The fourth-order valence-electron chi connectivity index (χ4n) is 2.04. The summed E-state index contributed by atoms with van der Waals surface area (Å²) in [6, 6.07) is 0. The minimum Gasteiger partial charge on any atom is -0.481 e. The number of nitrogens with zero attached hydrogens (tertiary/aromatic N) is 1. The van der Waals surface area contributed by atoms with Crippen LogP contribution < -0.4 is 5.32 Å². The van der Waals surface area contributed by atoms with Crippen molar-refractivity contribution in [2.45, 2.75) is 59.4 Å². The molecule has 5 heteroatoms. The van der Waals surface area contributed by atoms with Crippen LogP contribution in [0.25, 0.3) is 0 Å². The molecule has 0 bridgehead atoms. The predicted molar refractivity (Wildman–Crippen MR) is 83.2 cm³/mol. The maximum absolute atomic E-state index is 11.4. The number of carbonyl (C=O) groups is 1. The number of thiazole rings is 1. The van der Waals surface area contributed by atoms with Gasteiger partial charge in [0.1, 0.15) is 0 Å². The molecule has 1 rings (SSSR count). The lowest BCUT2D eigenvalue weighted by atomic mass is 9.82. The highest BCUT2D eigenvalue weighted by molar-refractivity contribution is 7.09. The first kappa shape index (κ1) is 17.1. The molecule has 20 heavy (non-hydrogen) atoms. The molecule has 114 valence electrons. The number of hydrogen-bond acceptors (Lipinski definition) is 4. The molecule has 0 amide bonds. The van der Waals surface area contributed by atoms with Gasteiger partial charge in [-0.05, 0) is 12.8 Å². The number of nitrogens with one attached hydrogen (secondary N) is 1. The fourth-order valence-corrected chi connectivity index (χ4v) is 2.95. The maximum Gasteiger partial charge on any atom is 0.310 e. The van der Waals surface area contributed by atoms with Crippen molar-refractivity contribution >= 4 is 17.3 Å². The molecule has 0 aliphatic heterocycles. The molecule has 0 aliphatic rings. The molecular weight excluding hydrogens is 272 g/mol. The first-order chi connectivity index (χ1) is 9.25. The Morgan fingerprint density at radius 3 is 2.35 bits per heavy atom. The van der Waals surface area contributed by atoms with Gasteiger partial charge in [0.05, 0.1) is 16.1 Å². The van der Waals surface area contributed by atoms with Crippen molar-refractivity contribution < 1.29 is 9.90 Å². The van der Waals surface area contributed by atoms with E-state index in [4.69, 9.17) is 0 Å². The molecule has 1 aromatic heterocycles. The second-order valence-electron chi connectivity index (χ2n) is 6.29. The molecule has 0 unspecified atom stereocenters. The Morgan fingerprint density at radius 1 is 1.35 bits per heavy atom. The van der Waals surface area contributed by atoms with Gasteiger partial charge in [-0.15, -0.1) is 11.3 Å². The molecule has 2 N–H and O–H groups in total. The van der Waals surface area contributed by atoms with Crippen LogP contribution in [0.2, 0.25) is 0 Å². The van der Waals surface area contributed by atoms with Gasteiger partial charge in [0.15, 0.2) is 0 Å². The zero-order valence-electron chi connectivity index (χ0n) is 13.1. The Balaban J connectivity index is 2.60. The number of rotatable bonds is 7. The van der Waals surface area contributed by atoms with Gasteiger partial charge in [-0.2, -0.15) is 0 Å². The normalized spacial score (nSPS) is 12.7. The summed E-state index contributed by atoms with van der Waals surface area (Å²) < 4.78 is 0. The van der Waals surface area contributed by atoms with Crippen LogP contribution in [0.4, 0.5) is 0 Å². The van der Waals surface area contributed by atoms with Crippen molar-refractivity contribution in [1.29, 1.82) is 0 Å². The number of carboxylic acid groups (broad SMARTS) is 1. The summed E-state index contributed by atoms with van der Waals surface area (Å²) in [7, 11) is 0. The summed E-state index contributed by atoms with van der Waals surface area (Å²) in [4.78, 5) is 16.0. The van der Waals surface area contributed by atoms with Gasteiger partial charge in [-0.1, -0.05) is 34.6 Å². The van der Waals surface area contributed by atoms with E-state index in [9.17, 15) is 9.90 Å². The first-order valence-corrected chi connectivity index (χ1v) is 8.02. The molecule has 1 heterocycles. The highest BCUT2D eigenvalue weighted by Gasteiger charge is 2.34. The second kappa shape index (κ2) is 6.68. The molecule has 1 aromatic rings. The molecule has 4 nitrogen and oxygen atoms in total. The monoisotopic (exact) mass is 298 g/mol. The van der Waals surface area contributed by atoms with Gasteiger partial charge in [-0.3, -0.25) is 4.79 Å². The summed E-state index contributed by atoms with van der Waals surface area (Å²) in [5.41, 5.74) is 0.398. The highest BCUT2D eigenvalue weighted by Crippen LogP contribution is 2.27. The zero-order valence-corrected chi connectivity index (χ0v) is 13.9. The van der Waals surface area contributed by atoms with Crippen LogP contribution in [0.1, 0.15) is 58.2 Å². The average molecular weight is 298 g/mol. The van der Waals surface area contributed by atoms with Gasteiger partial charge < -0.3 is 10.4 Å². The lowest BCUT2D eigenvalue weighted by Gasteiger charge is -2.26. The Morgan fingerprint density at radius 2 is 1.95 bits per heavy atom. The molecule has 0 radical (unpaired) electrons. The first-order valence-electron chi connectivity index (χ1n) is 7.14. The summed E-state index contributed by atoms with van der Waals surface area (Å²) in [5, 5.41) is 15.8. The van der Waals surface area contributed by atoms with E-state index >= 15 is 0 Å². The second-order valence-corrected chi connectivity index (χ2v) is 7.15. The zero-order chi connectivity index (χ0) is 15.4. The van der Waals surface area contributed by atoms with E-state index < -0.39 is 11.4 Å². The third-order valence-electron chi connectivity index (χ3n) is 3.77. The van der Waals surface area contributed by atoms with Gasteiger partial charge in [0.25, 0.3) is 0 Å². The Labute approximate surface area is 125 Å². The van der Waals surface area contributed by atoms with Crippen LogP contribution in [0, 0.1) is 5.41 Å². The van der Waals surface area contributed by atoms with Gasteiger partial charge >= 0.3 is 5.97 Å². The Kier molecular flexibility index (Phi) is 5.71. The van der Waals surface area contributed by atoms with Crippen LogP contribution in [-0.2, 0) is 16.8 Å². The van der Waals surface area contributed by atoms with E-state index in [2.05, 4.69) is 31.1 Å². The Bertz CT molecular complexity index is 445. The molecule has 0 fully saturated rings. The SMILES string of the molecule is CCC(CC)(CNCc1csc(C(C)(C)C)n1)C(=O)O. The molecule has 0 aliphatic carbocycles. The molecule has 0 aromatic carbocycles. The van der Waals surface area contributed by atoms with Crippen molar-refractivity contribution in [3.05, 3.63) is 16.1 Å². The van der Waals surface area contributed by atoms with Crippen molar-refractivity contribution in [3.63, 3.8) is 0 Å². The topological polar surface area (TPSA) is 62.2 Å². The van der Waals surface area contributed by atoms with Crippen LogP contribution in [0.5, 0.6) is 0 Å². The fraction of sp³-hybridized carbons (Fsp3) is 0.733. The van der Waals surface area contributed by atoms with E-state index in [-0.39, 0.29) is 5.41 Å². The standard InChI is InChI=1S/C15H26N2O2S/c1-6-15(7-2,13(18)19)10-16-8-11-9-20-12(17-11)14(3,4)5/h9,16H,6-8,10H2,1-5H3,(H,18,19). The lowest BCUT2D eigenvalue weighted by Crippen LogP contribution is -2.40. The van der Waals surface area contributed by atoms with E-state index in [1.165, 1.54) is 0 Å². The van der Waals surface area contributed by atoms with Crippen LogP contribution in [0.15, 0.2) is 5.38 Å². The van der Waals surface area contributed by atoms with E-state index in [0.717, 1.165) is 10.7 Å². The number of aromatic nitrogens is 1. The summed E-state index contributed by atoms with van der Waals surface area (Å²) >= 11 is 1.66. The van der Waals surface area contributed by atoms with Crippen molar-refractivity contribution in [1.82, 2.24) is 10.3 Å². The molecule has 0 saturated carbocycles. The summed E-state index contributed by atoms with van der Waals surface area (Å²) in [6.07, 6.45) is 1.27. The predicted octanol–water partition coefficient (Wildman–Crippen LogP) is 3.42. The molecule has 0 saturated heterocycles. The van der Waals surface area contributed by atoms with Crippen molar-refractivity contribution in [3.8, 4) is 0 Å². The summed E-state index contributed by atoms with van der Waals surface area (Å²) in [6.45, 7) is 11.4. The van der Waals surface area contributed by atoms with E-state index in [0.29, 0.717) is 25.9 Å². The minimum absolute atomic E-state index is 0.0700. The third-order valence-corrected chi connectivity index (χ3v) is 5.09. The van der Waals surface area contributed by atoms with Crippen LogP contribution >= 0.6 is 11.3 Å². The lowest BCUT2D eigenvalue weighted by molar-refractivity contribution is -0.149. The minimum atomic E-state index is -0.719. The van der Waals surface area contributed by atoms with E-state index in [1.807, 2.05) is 19.2 Å². The van der Waals surface area contributed by atoms with Crippen molar-refractivity contribution in [2.75, 3.05) is 6.54 Å². The smallest absolute Gasteiger partial charge is 0.310 e. The number of carboxylic acids is 1. The van der Waals surface area contributed by atoms with Gasteiger partial charge in [0, 0.05) is 23.9 Å². The maximum atomic E-state index is 11.4. The number of aliphatic carboxylic acids is 1. The van der Waals surface area contributed by atoms with Gasteiger partial charge in [0.2, 0.25) is 0 Å². The largest absolute Gasteiger partial charge is 0.481 e. The molecular formula is C15H26N2O2S. The number of hydrogen-bond donors (Lipinski definition) is 2. The molecule has 0 atom stereocenters. The average Bonchev–Trinajstić information content (AvgIpc) is 2.83. The third kappa shape index (κ3) is 4.03. The van der Waals surface area contributed by atoms with Gasteiger partial charge in [-0.25, -0.2) is 4.98 Å². The quantitative estimate of drug-likeness (QED) is 0.809. The highest BCUT2D eigenvalue weighted by atomic mass is 32.1. The van der Waals surface area contributed by atoms with Crippen molar-refractivity contribution in [2.24, 2.45) is 5.41 Å². The van der Waals surface area contributed by atoms with E-state index in [1.54, 1.807) is 11.3 Å².